The molecule has 0 aliphatic heterocycles. The van der Waals surface area contributed by atoms with Crippen LogP contribution in [0.1, 0.15) is 37.6 Å². The summed E-state index contributed by atoms with van der Waals surface area (Å²) in [5.74, 6) is 1.55. The van der Waals surface area contributed by atoms with E-state index in [2.05, 4.69) is 6.92 Å². The molecule has 0 radical (unpaired) electrons. The number of esters is 1. The molecule has 1 aromatic carbocycles. The molecule has 1 aliphatic carbocycles. The van der Waals surface area contributed by atoms with Gasteiger partial charge in [-0.05, 0) is 44.2 Å². The van der Waals surface area contributed by atoms with E-state index in [-0.39, 0.29) is 12.1 Å². The van der Waals surface area contributed by atoms with Crippen LogP contribution in [-0.2, 0) is 4.74 Å². The van der Waals surface area contributed by atoms with Crippen molar-refractivity contribution < 1.29 is 14.3 Å². The first kappa shape index (κ1) is 12.9. The van der Waals surface area contributed by atoms with Crippen molar-refractivity contribution in [2.45, 2.75) is 33.3 Å². The number of para-hydroxylation sites is 1. The summed E-state index contributed by atoms with van der Waals surface area (Å²) in [6.07, 6.45) is 1.21. The summed E-state index contributed by atoms with van der Waals surface area (Å²) in [7, 11) is 0. The van der Waals surface area contributed by atoms with E-state index in [9.17, 15) is 4.79 Å². The quantitative estimate of drug-likeness (QED) is 0.750. The van der Waals surface area contributed by atoms with E-state index in [1.807, 2.05) is 26.0 Å². The Balaban J connectivity index is 1.99. The van der Waals surface area contributed by atoms with Gasteiger partial charge in [-0.2, -0.15) is 0 Å². The minimum atomic E-state index is -0.287. The smallest absolute Gasteiger partial charge is 0.341 e. The maximum absolute atomic E-state index is 12.0. The lowest BCUT2D eigenvalue weighted by Crippen LogP contribution is -2.13. The third kappa shape index (κ3) is 3.25. The number of carbonyl (C=O) groups excluding carboxylic acids is 1. The summed E-state index contributed by atoms with van der Waals surface area (Å²) in [5, 5.41) is 0. The van der Waals surface area contributed by atoms with Gasteiger partial charge < -0.3 is 9.47 Å². The standard InChI is InChI=1S/C15H20O3/c1-10(2)18-14-7-5-4-6-13(14)15(16)17-9-12-8-11(12)3/h4-7,10-12H,8-9H2,1-3H3. The van der Waals surface area contributed by atoms with Gasteiger partial charge in [-0.25, -0.2) is 4.79 Å². The minimum absolute atomic E-state index is 0.0439. The monoisotopic (exact) mass is 248 g/mol. The fourth-order valence-electron chi connectivity index (χ4n) is 1.88. The molecule has 0 saturated heterocycles. The minimum Gasteiger partial charge on any atom is -0.490 e. The van der Waals surface area contributed by atoms with Gasteiger partial charge in [0.1, 0.15) is 11.3 Å². The van der Waals surface area contributed by atoms with Gasteiger partial charge >= 0.3 is 5.97 Å². The Labute approximate surface area is 108 Å². The van der Waals surface area contributed by atoms with Gasteiger partial charge in [0.05, 0.1) is 12.7 Å². The summed E-state index contributed by atoms with van der Waals surface area (Å²) < 4.78 is 10.9. The lowest BCUT2D eigenvalue weighted by molar-refractivity contribution is 0.0475. The summed E-state index contributed by atoms with van der Waals surface area (Å²) in [4.78, 5) is 12.0. The fourth-order valence-corrected chi connectivity index (χ4v) is 1.88. The SMILES string of the molecule is CC(C)Oc1ccccc1C(=O)OCC1CC1C. The molecule has 0 bridgehead atoms. The molecule has 1 aromatic rings. The molecule has 1 fully saturated rings. The van der Waals surface area contributed by atoms with Crippen LogP contribution < -0.4 is 4.74 Å². The van der Waals surface area contributed by atoms with Gasteiger partial charge in [0.25, 0.3) is 0 Å². The summed E-state index contributed by atoms with van der Waals surface area (Å²) >= 11 is 0. The number of hydrogen-bond acceptors (Lipinski definition) is 3. The van der Waals surface area contributed by atoms with Crippen molar-refractivity contribution in [2.24, 2.45) is 11.8 Å². The van der Waals surface area contributed by atoms with Crippen LogP contribution >= 0.6 is 0 Å². The molecule has 18 heavy (non-hydrogen) atoms. The Morgan fingerprint density at radius 2 is 2.06 bits per heavy atom. The van der Waals surface area contributed by atoms with Crippen molar-refractivity contribution in [1.82, 2.24) is 0 Å². The van der Waals surface area contributed by atoms with Gasteiger partial charge in [-0.1, -0.05) is 19.1 Å². The molecule has 0 amide bonds. The zero-order chi connectivity index (χ0) is 13.1. The lowest BCUT2D eigenvalue weighted by Gasteiger charge is -2.13. The lowest BCUT2D eigenvalue weighted by atomic mass is 10.2. The largest absolute Gasteiger partial charge is 0.490 e. The Hall–Kier alpha value is -1.51. The van der Waals surface area contributed by atoms with Gasteiger partial charge in [0.2, 0.25) is 0 Å². The summed E-state index contributed by atoms with van der Waals surface area (Å²) in [5.41, 5.74) is 0.513. The van der Waals surface area contributed by atoms with Crippen molar-refractivity contribution in [2.75, 3.05) is 6.61 Å². The van der Waals surface area contributed by atoms with Gasteiger partial charge in [0.15, 0.2) is 0 Å². The fraction of sp³-hybridized carbons (Fsp3) is 0.533. The Morgan fingerprint density at radius 1 is 1.39 bits per heavy atom. The molecule has 0 heterocycles. The second kappa shape index (κ2) is 5.42. The normalized spacial score (nSPS) is 21.8. The Bertz CT molecular complexity index is 426. The summed E-state index contributed by atoms with van der Waals surface area (Å²) in [6.45, 7) is 6.58. The van der Waals surface area contributed by atoms with Crippen LogP contribution in [-0.4, -0.2) is 18.7 Å². The number of rotatable bonds is 5. The van der Waals surface area contributed by atoms with Crippen LogP contribution in [0.4, 0.5) is 0 Å². The Morgan fingerprint density at radius 3 is 2.67 bits per heavy atom. The van der Waals surface area contributed by atoms with Crippen molar-refractivity contribution in [3.63, 3.8) is 0 Å². The van der Waals surface area contributed by atoms with E-state index in [0.717, 1.165) is 6.42 Å². The van der Waals surface area contributed by atoms with E-state index in [1.54, 1.807) is 12.1 Å². The van der Waals surface area contributed by atoms with Crippen LogP contribution in [0.2, 0.25) is 0 Å². The molecule has 2 rings (SSSR count). The van der Waals surface area contributed by atoms with Crippen LogP contribution in [0.25, 0.3) is 0 Å². The van der Waals surface area contributed by atoms with Gasteiger partial charge in [0, 0.05) is 0 Å². The van der Waals surface area contributed by atoms with E-state index in [1.165, 1.54) is 0 Å². The highest BCUT2D eigenvalue weighted by Crippen LogP contribution is 2.37. The van der Waals surface area contributed by atoms with Crippen LogP contribution in [0.15, 0.2) is 24.3 Å². The average molecular weight is 248 g/mol. The molecular formula is C15H20O3. The van der Waals surface area contributed by atoms with Gasteiger partial charge in [-0.3, -0.25) is 0 Å². The molecule has 1 aliphatic rings. The third-order valence-electron chi connectivity index (χ3n) is 3.17. The average Bonchev–Trinajstić information content (AvgIpc) is 3.02. The summed E-state index contributed by atoms with van der Waals surface area (Å²) in [6, 6.07) is 7.23. The molecule has 3 nitrogen and oxygen atoms in total. The first-order chi connectivity index (χ1) is 8.58. The molecule has 2 unspecified atom stereocenters. The molecule has 0 aromatic heterocycles. The molecule has 0 N–H and O–H groups in total. The van der Waals surface area contributed by atoms with E-state index in [4.69, 9.17) is 9.47 Å². The number of carbonyl (C=O) groups is 1. The van der Waals surface area contributed by atoms with E-state index < -0.39 is 0 Å². The zero-order valence-corrected chi connectivity index (χ0v) is 11.2. The zero-order valence-electron chi connectivity index (χ0n) is 11.2. The Kier molecular flexibility index (Phi) is 3.90. The first-order valence-corrected chi connectivity index (χ1v) is 6.50. The van der Waals surface area contributed by atoms with Crippen LogP contribution in [0, 0.1) is 11.8 Å². The van der Waals surface area contributed by atoms with Gasteiger partial charge in [-0.15, -0.1) is 0 Å². The second-order valence-electron chi connectivity index (χ2n) is 5.23. The highest BCUT2D eigenvalue weighted by atomic mass is 16.5. The maximum atomic E-state index is 12.0. The predicted molar refractivity (Wildman–Crippen MR) is 69.8 cm³/mol. The second-order valence-corrected chi connectivity index (χ2v) is 5.23. The van der Waals surface area contributed by atoms with Crippen molar-refractivity contribution in [3.05, 3.63) is 29.8 Å². The van der Waals surface area contributed by atoms with E-state index >= 15 is 0 Å². The van der Waals surface area contributed by atoms with Crippen molar-refractivity contribution >= 4 is 5.97 Å². The molecule has 2 atom stereocenters. The number of ether oxygens (including phenoxy) is 2. The molecule has 98 valence electrons. The molecule has 3 heteroatoms. The van der Waals surface area contributed by atoms with E-state index in [0.29, 0.717) is 29.8 Å². The molecule has 0 spiro atoms. The maximum Gasteiger partial charge on any atom is 0.341 e. The van der Waals surface area contributed by atoms with Crippen molar-refractivity contribution in [3.8, 4) is 5.75 Å². The molecular weight excluding hydrogens is 228 g/mol. The highest BCUT2D eigenvalue weighted by Gasteiger charge is 2.33. The highest BCUT2D eigenvalue weighted by molar-refractivity contribution is 5.92. The number of hydrogen-bond donors (Lipinski definition) is 0. The third-order valence-corrected chi connectivity index (χ3v) is 3.17. The predicted octanol–water partition coefficient (Wildman–Crippen LogP) is 3.29. The topological polar surface area (TPSA) is 35.5 Å². The van der Waals surface area contributed by atoms with Crippen LogP contribution in [0.5, 0.6) is 5.75 Å². The molecule has 1 saturated carbocycles. The number of benzene rings is 1. The first-order valence-electron chi connectivity index (χ1n) is 6.50. The van der Waals surface area contributed by atoms with Crippen molar-refractivity contribution in [1.29, 1.82) is 0 Å². The van der Waals surface area contributed by atoms with Crippen LogP contribution in [0.3, 0.4) is 0 Å².